The summed E-state index contributed by atoms with van der Waals surface area (Å²) in [6.45, 7) is 7.05. The van der Waals surface area contributed by atoms with Gasteiger partial charge in [-0.15, -0.1) is 0 Å². The number of carbonyl (C=O) groups excluding carboxylic acids is 1. The van der Waals surface area contributed by atoms with E-state index < -0.39 is 0 Å². The zero-order valence-electron chi connectivity index (χ0n) is 12.6. The minimum absolute atomic E-state index is 0.0238. The van der Waals surface area contributed by atoms with Crippen molar-refractivity contribution >= 4 is 11.6 Å². The van der Waals surface area contributed by atoms with E-state index in [2.05, 4.69) is 31.1 Å². The highest BCUT2D eigenvalue weighted by Crippen LogP contribution is 2.28. The van der Waals surface area contributed by atoms with Crippen LogP contribution in [0.4, 0.5) is 5.69 Å². The normalized spacial score (nSPS) is 22.8. The minimum atomic E-state index is -0.0541. The Balaban J connectivity index is 2.10. The maximum absolute atomic E-state index is 12.5. The van der Waals surface area contributed by atoms with Crippen molar-refractivity contribution in [1.82, 2.24) is 4.98 Å². The average Bonchev–Trinajstić information content (AvgIpc) is 2.47. The summed E-state index contributed by atoms with van der Waals surface area (Å²) in [5.41, 5.74) is 1.94. The van der Waals surface area contributed by atoms with Crippen molar-refractivity contribution < 1.29 is 9.53 Å². The van der Waals surface area contributed by atoms with Gasteiger partial charge in [-0.2, -0.15) is 0 Å². The monoisotopic (exact) mass is 276 g/mol. The molecular weight excluding hydrogens is 252 g/mol. The molecule has 2 rings (SSSR count). The van der Waals surface area contributed by atoms with Crippen LogP contribution in [0.1, 0.15) is 39.2 Å². The van der Waals surface area contributed by atoms with Gasteiger partial charge in [0.25, 0.3) is 0 Å². The Hall–Kier alpha value is -1.42. The van der Waals surface area contributed by atoms with Gasteiger partial charge in [0.05, 0.1) is 12.0 Å². The molecule has 4 heteroatoms. The summed E-state index contributed by atoms with van der Waals surface area (Å²) < 4.78 is 5.79. The summed E-state index contributed by atoms with van der Waals surface area (Å²) in [4.78, 5) is 16.6. The molecule has 4 nitrogen and oxygen atoms in total. The zero-order chi connectivity index (χ0) is 14.5. The molecular formula is C16H24N2O2. The van der Waals surface area contributed by atoms with Gasteiger partial charge in [0.2, 0.25) is 5.91 Å². The molecule has 1 saturated heterocycles. The molecule has 1 N–H and O–H groups in total. The van der Waals surface area contributed by atoms with E-state index in [9.17, 15) is 4.79 Å². The smallest absolute Gasteiger partial charge is 0.230 e. The van der Waals surface area contributed by atoms with E-state index in [-0.39, 0.29) is 17.9 Å². The maximum atomic E-state index is 12.5. The second-order valence-corrected chi connectivity index (χ2v) is 5.70. The first kappa shape index (κ1) is 15.0. The predicted octanol–water partition coefficient (Wildman–Crippen LogP) is 3.03. The number of hydrogen-bond acceptors (Lipinski definition) is 3. The molecule has 2 atom stereocenters. The van der Waals surface area contributed by atoms with Crippen molar-refractivity contribution in [3.05, 3.63) is 24.0 Å². The number of aryl methyl sites for hydroxylation is 1. The topological polar surface area (TPSA) is 51.2 Å². The van der Waals surface area contributed by atoms with Gasteiger partial charge in [0, 0.05) is 24.7 Å². The highest BCUT2D eigenvalue weighted by atomic mass is 16.5. The van der Waals surface area contributed by atoms with Crippen molar-refractivity contribution in [2.45, 2.75) is 46.1 Å². The number of rotatable bonds is 4. The van der Waals surface area contributed by atoms with Crippen LogP contribution < -0.4 is 5.32 Å². The highest BCUT2D eigenvalue weighted by molar-refractivity contribution is 5.93. The number of amides is 1. The molecule has 110 valence electrons. The fourth-order valence-electron chi connectivity index (χ4n) is 2.80. The molecule has 0 bridgehead atoms. The van der Waals surface area contributed by atoms with Crippen LogP contribution in [0.25, 0.3) is 0 Å². The molecule has 0 aromatic carbocycles. The predicted molar refractivity (Wildman–Crippen MR) is 79.5 cm³/mol. The van der Waals surface area contributed by atoms with Crippen molar-refractivity contribution in [1.29, 1.82) is 0 Å². The molecule has 0 spiro atoms. The van der Waals surface area contributed by atoms with E-state index in [1.165, 1.54) is 0 Å². The van der Waals surface area contributed by atoms with Crippen LogP contribution in [-0.2, 0) is 16.0 Å². The van der Waals surface area contributed by atoms with E-state index in [1.54, 1.807) is 6.20 Å². The molecule has 1 amide bonds. The Bertz CT molecular complexity index is 460. The second-order valence-electron chi connectivity index (χ2n) is 5.70. The Morgan fingerprint density at radius 1 is 1.55 bits per heavy atom. The summed E-state index contributed by atoms with van der Waals surface area (Å²) >= 11 is 0. The van der Waals surface area contributed by atoms with E-state index in [0.29, 0.717) is 5.92 Å². The lowest BCUT2D eigenvalue weighted by atomic mass is 9.86. The Morgan fingerprint density at radius 2 is 2.35 bits per heavy atom. The third kappa shape index (κ3) is 3.37. The van der Waals surface area contributed by atoms with Gasteiger partial charge >= 0.3 is 0 Å². The molecule has 1 aliphatic rings. The van der Waals surface area contributed by atoms with E-state index in [4.69, 9.17) is 4.74 Å². The maximum Gasteiger partial charge on any atom is 0.230 e. The minimum Gasteiger partial charge on any atom is -0.377 e. The first-order valence-corrected chi connectivity index (χ1v) is 7.48. The molecule has 0 aliphatic carbocycles. The largest absolute Gasteiger partial charge is 0.377 e. The Morgan fingerprint density at radius 3 is 3.05 bits per heavy atom. The Kier molecular flexibility index (Phi) is 5.12. The van der Waals surface area contributed by atoms with Crippen LogP contribution in [0.15, 0.2) is 18.5 Å². The van der Waals surface area contributed by atoms with E-state index >= 15 is 0 Å². The summed E-state index contributed by atoms with van der Waals surface area (Å²) in [6, 6.07) is 1.87. The summed E-state index contributed by atoms with van der Waals surface area (Å²) in [6.07, 6.45) is 6.27. The van der Waals surface area contributed by atoms with Gasteiger partial charge in [-0.1, -0.05) is 20.8 Å². The molecule has 0 unspecified atom stereocenters. The standard InChI is InChI=1S/C16H24N2O2/c1-4-12-10-17-8-7-14(12)18-16(19)13-6-5-9-20-15(13)11(2)3/h7-8,10-11,13,15H,4-6,9H2,1-3H3,(H,17,18,19)/t13-,15-/m1/s1. The number of pyridine rings is 1. The molecule has 1 aliphatic heterocycles. The van der Waals surface area contributed by atoms with E-state index in [0.717, 1.165) is 37.1 Å². The Labute approximate surface area is 120 Å². The summed E-state index contributed by atoms with van der Waals surface area (Å²) in [5.74, 6) is 0.375. The van der Waals surface area contributed by atoms with Crippen LogP contribution in [-0.4, -0.2) is 23.6 Å². The van der Waals surface area contributed by atoms with Crippen molar-refractivity contribution in [2.75, 3.05) is 11.9 Å². The van der Waals surface area contributed by atoms with Gasteiger partial charge in [-0.3, -0.25) is 9.78 Å². The van der Waals surface area contributed by atoms with Crippen LogP contribution in [0.5, 0.6) is 0 Å². The van der Waals surface area contributed by atoms with Crippen LogP contribution in [0.3, 0.4) is 0 Å². The number of carbonyl (C=O) groups is 1. The molecule has 1 aromatic rings. The fraction of sp³-hybridized carbons (Fsp3) is 0.625. The van der Waals surface area contributed by atoms with Gasteiger partial charge in [-0.25, -0.2) is 0 Å². The summed E-state index contributed by atoms with van der Waals surface area (Å²) in [5, 5.41) is 3.06. The molecule has 0 saturated carbocycles. The van der Waals surface area contributed by atoms with Gasteiger partial charge in [-0.05, 0) is 36.8 Å². The number of anilines is 1. The third-order valence-electron chi connectivity index (χ3n) is 3.90. The van der Waals surface area contributed by atoms with Crippen LogP contribution in [0, 0.1) is 11.8 Å². The molecule has 1 fully saturated rings. The summed E-state index contributed by atoms with van der Waals surface area (Å²) in [7, 11) is 0. The molecule has 1 aromatic heterocycles. The number of aromatic nitrogens is 1. The molecule has 20 heavy (non-hydrogen) atoms. The average molecular weight is 276 g/mol. The lowest BCUT2D eigenvalue weighted by molar-refractivity contribution is -0.131. The number of ether oxygens (including phenoxy) is 1. The van der Waals surface area contributed by atoms with Crippen LogP contribution in [0.2, 0.25) is 0 Å². The van der Waals surface area contributed by atoms with Crippen molar-refractivity contribution in [3.63, 3.8) is 0 Å². The van der Waals surface area contributed by atoms with Gasteiger partial charge in [0.15, 0.2) is 0 Å². The number of hydrogen-bond donors (Lipinski definition) is 1. The lowest BCUT2D eigenvalue weighted by Gasteiger charge is -2.33. The van der Waals surface area contributed by atoms with Crippen LogP contribution >= 0.6 is 0 Å². The van der Waals surface area contributed by atoms with Crippen molar-refractivity contribution in [3.8, 4) is 0 Å². The number of nitrogens with one attached hydrogen (secondary N) is 1. The molecule has 2 heterocycles. The van der Waals surface area contributed by atoms with Gasteiger partial charge in [0.1, 0.15) is 0 Å². The lowest BCUT2D eigenvalue weighted by Crippen LogP contribution is -2.41. The third-order valence-corrected chi connectivity index (χ3v) is 3.90. The SMILES string of the molecule is CCc1cnccc1NC(=O)[C@@H]1CCCO[C@@H]1C(C)C. The molecule has 0 radical (unpaired) electrons. The first-order valence-electron chi connectivity index (χ1n) is 7.48. The number of nitrogens with zero attached hydrogens (tertiary/aromatic N) is 1. The fourth-order valence-corrected chi connectivity index (χ4v) is 2.80. The van der Waals surface area contributed by atoms with E-state index in [1.807, 2.05) is 12.3 Å². The quantitative estimate of drug-likeness (QED) is 0.919. The second kappa shape index (κ2) is 6.84. The van der Waals surface area contributed by atoms with Gasteiger partial charge < -0.3 is 10.1 Å². The highest BCUT2D eigenvalue weighted by Gasteiger charge is 2.34. The zero-order valence-corrected chi connectivity index (χ0v) is 12.6. The first-order chi connectivity index (χ1) is 9.63. The van der Waals surface area contributed by atoms with Crippen molar-refractivity contribution in [2.24, 2.45) is 11.8 Å².